The van der Waals surface area contributed by atoms with E-state index >= 15 is 0 Å². The lowest BCUT2D eigenvalue weighted by atomic mass is 10.2. The van der Waals surface area contributed by atoms with Gasteiger partial charge in [-0.1, -0.05) is 12.1 Å². The van der Waals surface area contributed by atoms with Crippen LogP contribution >= 0.6 is 11.6 Å². The van der Waals surface area contributed by atoms with Crippen LogP contribution < -0.4 is 5.32 Å². The van der Waals surface area contributed by atoms with Gasteiger partial charge in [0.15, 0.2) is 0 Å². The molecule has 0 fully saturated rings. The van der Waals surface area contributed by atoms with Gasteiger partial charge in [-0.15, -0.1) is 11.6 Å². The fourth-order valence-electron chi connectivity index (χ4n) is 1.51. The summed E-state index contributed by atoms with van der Waals surface area (Å²) in [4.78, 5) is 11.9. The zero-order valence-electron chi connectivity index (χ0n) is 9.33. The predicted octanol–water partition coefficient (Wildman–Crippen LogP) is 2.71. The number of anilines is 1. The van der Waals surface area contributed by atoms with Gasteiger partial charge < -0.3 is 5.32 Å². The minimum Gasteiger partial charge on any atom is -0.322 e. The van der Waals surface area contributed by atoms with E-state index in [1.165, 1.54) is 6.20 Å². The monoisotopic (exact) mass is 249 g/mol. The molecular weight excluding hydrogens is 238 g/mol. The van der Waals surface area contributed by atoms with E-state index in [1.807, 2.05) is 24.3 Å². The molecule has 5 heteroatoms. The molecule has 88 valence electrons. The summed E-state index contributed by atoms with van der Waals surface area (Å²) in [5, 5.41) is 9.34. The van der Waals surface area contributed by atoms with Crippen LogP contribution in [0.3, 0.4) is 0 Å². The van der Waals surface area contributed by atoms with E-state index in [4.69, 9.17) is 11.6 Å². The fourth-order valence-corrected chi connectivity index (χ4v) is 1.68. The fraction of sp³-hybridized carbons (Fsp3) is 0.167. The first kappa shape index (κ1) is 11.7. The number of nitrogens with zero attached hydrogens (tertiary/aromatic N) is 1. The van der Waals surface area contributed by atoms with Gasteiger partial charge in [0.1, 0.15) is 0 Å². The first-order chi connectivity index (χ1) is 8.20. The Bertz CT molecular complexity index is 536. The number of amides is 1. The summed E-state index contributed by atoms with van der Waals surface area (Å²) in [7, 11) is 0. The van der Waals surface area contributed by atoms with Crippen LogP contribution in [-0.2, 0) is 5.88 Å². The molecule has 0 saturated carbocycles. The van der Waals surface area contributed by atoms with Gasteiger partial charge in [0.2, 0.25) is 0 Å². The van der Waals surface area contributed by atoms with Gasteiger partial charge in [0, 0.05) is 17.3 Å². The number of benzene rings is 1. The van der Waals surface area contributed by atoms with E-state index in [-0.39, 0.29) is 5.91 Å². The van der Waals surface area contributed by atoms with Crippen molar-refractivity contribution < 1.29 is 4.79 Å². The molecule has 0 bridgehead atoms. The Balaban J connectivity index is 2.16. The van der Waals surface area contributed by atoms with Crippen LogP contribution in [0.25, 0.3) is 0 Å². The molecule has 1 heterocycles. The Morgan fingerprint density at radius 1 is 1.53 bits per heavy atom. The van der Waals surface area contributed by atoms with Gasteiger partial charge in [-0.3, -0.25) is 9.89 Å². The number of aromatic nitrogens is 2. The molecule has 2 aromatic rings. The highest BCUT2D eigenvalue weighted by molar-refractivity contribution is 6.17. The highest BCUT2D eigenvalue weighted by Gasteiger charge is 2.10. The van der Waals surface area contributed by atoms with Crippen molar-refractivity contribution in [2.75, 3.05) is 5.32 Å². The molecule has 2 N–H and O–H groups in total. The van der Waals surface area contributed by atoms with Crippen LogP contribution in [0.2, 0.25) is 0 Å². The van der Waals surface area contributed by atoms with Crippen molar-refractivity contribution in [3.05, 3.63) is 47.3 Å². The van der Waals surface area contributed by atoms with E-state index in [0.29, 0.717) is 11.4 Å². The Hall–Kier alpha value is -1.81. The minimum atomic E-state index is -0.178. The summed E-state index contributed by atoms with van der Waals surface area (Å²) >= 11 is 5.73. The summed E-state index contributed by atoms with van der Waals surface area (Å²) in [5.74, 6) is 0.247. The summed E-state index contributed by atoms with van der Waals surface area (Å²) in [5.41, 5.74) is 2.99. The number of carbonyl (C=O) groups is 1. The van der Waals surface area contributed by atoms with E-state index in [2.05, 4.69) is 15.5 Å². The topological polar surface area (TPSA) is 57.8 Å². The molecule has 4 nitrogen and oxygen atoms in total. The Labute approximate surface area is 104 Å². The van der Waals surface area contributed by atoms with Crippen molar-refractivity contribution in [1.29, 1.82) is 0 Å². The zero-order chi connectivity index (χ0) is 12.3. The van der Waals surface area contributed by atoms with Crippen LogP contribution in [0.1, 0.15) is 21.6 Å². The van der Waals surface area contributed by atoms with E-state index in [1.54, 1.807) is 6.92 Å². The van der Waals surface area contributed by atoms with E-state index < -0.39 is 0 Å². The smallest absolute Gasteiger partial charge is 0.259 e. The maximum atomic E-state index is 11.9. The minimum absolute atomic E-state index is 0.178. The number of hydrogen-bond donors (Lipinski definition) is 2. The first-order valence-corrected chi connectivity index (χ1v) is 5.70. The maximum absolute atomic E-state index is 11.9. The Morgan fingerprint density at radius 3 is 3.00 bits per heavy atom. The van der Waals surface area contributed by atoms with Crippen molar-refractivity contribution in [2.45, 2.75) is 12.8 Å². The van der Waals surface area contributed by atoms with Crippen LogP contribution in [0.15, 0.2) is 30.5 Å². The highest BCUT2D eigenvalue weighted by atomic mass is 35.5. The number of carbonyl (C=O) groups excluding carboxylic acids is 1. The van der Waals surface area contributed by atoms with Crippen LogP contribution in [0.4, 0.5) is 5.69 Å². The molecule has 0 atom stereocenters. The van der Waals surface area contributed by atoms with Crippen LogP contribution in [0.5, 0.6) is 0 Å². The van der Waals surface area contributed by atoms with Crippen molar-refractivity contribution in [2.24, 2.45) is 0 Å². The number of alkyl halides is 1. The summed E-state index contributed by atoms with van der Waals surface area (Å²) in [6.45, 7) is 1.80. The number of aromatic amines is 1. The number of halogens is 1. The molecule has 1 amide bonds. The van der Waals surface area contributed by atoms with Gasteiger partial charge in [-0.05, 0) is 24.6 Å². The zero-order valence-corrected chi connectivity index (χ0v) is 10.1. The molecule has 0 aliphatic heterocycles. The second-order valence-electron chi connectivity index (χ2n) is 3.70. The normalized spacial score (nSPS) is 10.2. The molecule has 1 aromatic heterocycles. The quantitative estimate of drug-likeness (QED) is 0.822. The lowest BCUT2D eigenvalue weighted by Crippen LogP contribution is -2.12. The largest absolute Gasteiger partial charge is 0.322 e. The van der Waals surface area contributed by atoms with Crippen LogP contribution in [0, 0.1) is 6.92 Å². The lowest BCUT2D eigenvalue weighted by molar-refractivity contribution is 0.102. The summed E-state index contributed by atoms with van der Waals surface area (Å²) in [6, 6.07) is 7.44. The van der Waals surface area contributed by atoms with Gasteiger partial charge >= 0.3 is 0 Å². The molecule has 0 spiro atoms. The SMILES string of the molecule is Cc1[nH]ncc1C(=O)Nc1cccc(CCl)c1. The van der Waals surface area contributed by atoms with Crippen molar-refractivity contribution in [1.82, 2.24) is 10.2 Å². The molecule has 1 aromatic carbocycles. The number of nitrogens with one attached hydrogen (secondary N) is 2. The molecule has 0 radical (unpaired) electrons. The number of rotatable bonds is 3. The standard InChI is InChI=1S/C12H12ClN3O/c1-8-11(7-14-16-8)12(17)15-10-4-2-3-9(5-10)6-13/h2-5,7H,6H2,1H3,(H,14,16)(H,15,17). The molecule has 0 unspecified atom stereocenters. The second kappa shape index (κ2) is 5.01. The first-order valence-electron chi connectivity index (χ1n) is 5.17. The molecular formula is C12H12ClN3O. The average molecular weight is 250 g/mol. The van der Waals surface area contributed by atoms with Gasteiger partial charge in [-0.2, -0.15) is 5.10 Å². The third-order valence-electron chi connectivity index (χ3n) is 2.41. The van der Waals surface area contributed by atoms with Crippen molar-refractivity contribution in [3.63, 3.8) is 0 Å². The molecule has 0 aliphatic rings. The Kier molecular flexibility index (Phi) is 3.44. The average Bonchev–Trinajstić information content (AvgIpc) is 2.76. The highest BCUT2D eigenvalue weighted by Crippen LogP contribution is 2.14. The number of hydrogen-bond acceptors (Lipinski definition) is 2. The van der Waals surface area contributed by atoms with Crippen molar-refractivity contribution in [3.8, 4) is 0 Å². The van der Waals surface area contributed by atoms with Gasteiger partial charge in [0.25, 0.3) is 5.91 Å². The summed E-state index contributed by atoms with van der Waals surface area (Å²) in [6.07, 6.45) is 1.51. The van der Waals surface area contributed by atoms with Crippen LogP contribution in [-0.4, -0.2) is 16.1 Å². The summed E-state index contributed by atoms with van der Waals surface area (Å²) < 4.78 is 0. The predicted molar refractivity (Wildman–Crippen MR) is 67.3 cm³/mol. The maximum Gasteiger partial charge on any atom is 0.259 e. The lowest BCUT2D eigenvalue weighted by Gasteiger charge is -2.05. The number of H-pyrrole nitrogens is 1. The third-order valence-corrected chi connectivity index (χ3v) is 2.72. The Morgan fingerprint density at radius 2 is 2.35 bits per heavy atom. The van der Waals surface area contributed by atoms with E-state index in [0.717, 1.165) is 16.9 Å². The van der Waals surface area contributed by atoms with Gasteiger partial charge in [0.05, 0.1) is 11.8 Å². The molecule has 2 rings (SSSR count). The van der Waals surface area contributed by atoms with Crippen molar-refractivity contribution >= 4 is 23.2 Å². The molecule has 0 saturated heterocycles. The van der Waals surface area contributed by atoms with Gasteiger partial charge in [-0.25, -0.2) is 0 Å². The molecule has 17 heavy (non-hydrogen) atoms. The third kappa shape index (κ3) is 2.65. The number of aryl methyl sites for hydroxylation is 1. The van der Waals surface area contributed by atoms with E-state index in [9.17, 15) is 4.79 Å². The second-order valence-corrected chi connectivity index (χ2v) is 3.96. The molecule has 0 aliphatic carbocycles.